The van der Waals surface area contributed by atoms with Gasteiger partial charge in [0.05, 0.1) is 5.54 Å². The van der Waals surface area contributed by atoms with Gasteiger partial charge in [-0.25, -0.2) is 0 Å². The highest BCUT2D eigenvalue weighted by atomic mass is 15.2. The van der Waals surface area contributed by atoms with Gasteiger partial charge in [0.2, 0.25) is 0 Å². The van der Waals surface area contributed by atoms with E-state index in [0.29, 0.717) is 0 Å². The van der Waals surface area contributed by atoms with Crippen LogP contribution < -0.4 is 10.6 Å². The first kappa shape index (κ1) is 13.4. The highest BCUT2D eigenvalue weighted by Gasteiger charge is 2.46. The maximum absolute atomic E-state index is 6.17. The maximum atomic E-state index is 6.17. The molecule has 1 aromatic rings. The summed E-state index contributed by atoms with van der Waals surface area (Å²) >= 11 is 0. The number of nitrogens with two attached hydrogens (primary N) is 1. The Morgan fingerprint density at radius 3 is 2.50 bits per heavy atom. The predicted octanol–water partition coefficient (Wildman–Crippen LogP) is 3.34. The zero-order chi connectivity index (χ0) is 13.2. The van der Waals surface area contributed by atoms with Crippen LogP contribution in [0.1, 0.15) is 38.7 Å². The van der Waals surface area contributed by atoms with Gasteiger partial charge >= 0.3 is 0 Å². The lowest BCUT2D eigenvalue weighted by Crippen LogP contribution is -2.55. The third kappa shape index (κ3) is 2.26. The molecule has 1 saturated carbocycles. The summed E-state index contributed by atoms with van der Waals surface area (Å²) < 4.78 is 0. The van der Waals surface area contributed by atoms with E-state index >= 15 is 0 Å². The summed E-state index contributed by atoms with van der Waals surface area (Å²) in [7, 11) is 0. The number of likely N-dealkylation sites (N-methyl/N-ethyl adjacent to an activating group) is 1. The predicted molar refractivity (Wildman–Crippen MR) is 79.0 cm³/mol. The summed E-state index contributed by atoms with van der Waals surface area (Å²) in [5.74, 6) is 0.785. The Morgan fingerprint density at radius 1 is 1.33 bits per heavy atom. The van der Waals surface area contributed by atoms with Gasteiger partial charge in [0.15, 0.2) is 0 Å². The fourth-order valence-corrected chi connectivity index (χ4v) is 3.29. The Labute approximate surface area is 111 Å². The Morgan fingerprint density at radius 2 is 2.06 bits per heavy atom. The van der Waals surface area contributed by atoms with Crippen LogP contribution in [0.15, 0.2) is 24.3 Å². The van der Waals surface area contributed by atoms with Gasteiger partial charge in [0, 0.05) is 18.8 Å². The van der Waals surface area contributed by atoms with Gasteiger partial charge in [-0.1, -0.05) is 19.1 Å². The van der Waals surface area contributed by atoms with Crippen molar-refractivity contribution in [2.24, 2.45) is 11.7 Å². The molecule has 1 aliphatic rings. The van der Waals surface area contributed by atoms with E-state index in [4.69, 9.17) is 5.73 Å². The van der Waals surface area contributed by atoms with Gasteiger partial charge in [-0.05, 0) is 56.7 Å². The minimum Gasteiger partial charge on any atom is -0.365 e. The summed E-state index contributed by atoms with van der Waals surface area (Å²) in [4.78, 5) is 2.54. The maximum Gasteiger partial charge on any atom is 0.0549 e. The number of nitrogens with zero attached hydrogens (tertiary/aromatic N) is 1. The van der Waals surface area contributed by atoms with Gasteiger partial charge in [0.1, 0.15) is 0 Å². The molecule has 0 bridgehead atoms. The fourth-order valence-electron chi connectivity index (χ4n) is 3.29. The van der Waals surface area contributed by atoms with Gasteiger partial charge in [-0.2, -0.15) is 0 Å². The van der Waals surface area contributed by atoms with Gasteiger partial charge in [-0.3, -0.25) is 0 Å². The lowest BCUT2D eigenvalue weighted by atomic mass is 9.87. The average molecular weight is 246 g/mol. The molecule has 1 atom stereocenters. The van der Waals surface area contributed by atoms with Crippen molar-refractivity contribution in [3.05, 3.63) is 29.8 Å². The van der Waals surface area contributed by atoms with Gasteiger partial charge in [0.25, 0.3) is 0 Å². The van der Waals surface area contributed by atoms with Crippen LogP contribution in [0.2, 0.25) is 0 Å². The lowest BCUT2D eigenvalue weighted by Gasteiger charge is -2.45. The van der Waals surface area contributed by atoms with Crippen LogP contribution in [0.4, 0.5) is 5.69 Å². The highest BCUT2D eigenvalue weighted by molar-refractivity contribution is 5.51. The van der Waals surface area contributed by atoms with Gasteiger partial charge in [-0.15, -0.1) is 0 Å². The molecular weight excluding hydrogens is 220 g/mol. The summed E-state index contributed by atoms with van der Waals surface area (Å²) in [6.07, 6.45) is 3.82. The number of hydrogen-bond donors (Lipinski definition) is 1. The normalized spacial score (nSPS) is 18.4. The van der Waals surface area contributed by atoms with Crippen LogP contribution in [0.5, 0.6) is 0 Å². The molecule has 100 valence electrons. The lowest BCUT2D eigenvalue weighted by molar-refractivity contribution is 0.337. The Hall–Kier alpha value is -1.02. The second-order valence-electron chi connectivity index (χ2n) is 5.52. The van der Waals surface area contributed by atoms with E-state index < -0.39 is 0 Å². The molecule has 2 heteroatoms. The van der Waals surface area contributed by atoms with Crippen LogP contribution in [-0.2, 0) is 0 Å². The number of hydrogen-bond acceptors (Lipinski definition) is 2. The Balaban J connectivity index is 2.36. The van der Waals surface area contributed by atoms with Crippen LogP contribution in [0.25, 0.3) is 0 Å². The number of anilines is 1. The van der Waals surface area contributed by atoms with E-state index in [1.807, 2.05) is 0 Å². The highest BCUT2D eigenvalue weighted by Crippen LogP contribution is 2.46. The van der Waals surface area contributed by atoms with Crippen molar-refractivity contribution in [3.8, 4) is 0 Å². The molecule has 1 aromatic carbocycles. The molecule has 0 amide bonds. The molecule has 2 N–H and O–H groups in total. The SMILES string of the molecule is CCN(c1cccc(C)c1)C(CC)(CN)C1CC1. The monoisotopic (exact) mass is 246 g/mol. The third-order valence-corrected chi connectivity index (χ3v) is 4.47. The van der Waals surface area contributed by atoms with Crippen molar-refractivity contribution >= 4 is 5.69 Å². The molecule has 0 heterocycles. The van der Waals surface area contributed by atoms with Crippen molar-refractivity contribution in [2.75, 3.05) is 18.0 Å². The summed E-state index contributed by atoms with van der Waals surface area (Å²) in [6, 6.07) is 8.81. The fraction of sp³-hybridized carbons (Fsp3) is 0.625. The summed E-state index contributed by atoms with van der Waals surface area (Å²) in [6.45, 7) is 8.47. The largest absolute Gasteiger partial charge is 0.365 e. The minimum absolute atomic E-state index is 0.169. The molecule has 1 fully saturated rings. The molecule has 0 aliphatic heterocycles. The van der Waals surface area contributed by atoms with E-state index in [1.54, 1.807) is 0 Å². The van der Waals surface area contributed by atoms with Crippen LogP contribution in [-0.4, -0.2) is 18.6 Å². The zero-order valence-corrected chi connectivity index (χ0v) is 11.9. The van der Waals surface area contributed by atoms with Crippen molar-refractivity contribution in [3.63, 3.8) is 0 Å². The molecule has 0 saturated heterocycles. The second kappa shape index (κ2) is 5.31. The molecule has 1 unspecified atom stereocenters. The summed E-state index contributed by atoms with van der Waals surface area (Å²) in [5.41, 5.74) is 8.99. The molecule has 18 heavy (non-hydrogen) atoms. The summed E-state index contributed by atoms with van der Waals surface area (Å²) in [5, 5.41) is 0. The molecule has 1 aliphatic carbocycles. The number of benzene rings is 1. The zero-order valence-electron chi connectivity index (χ0n) is 11.9. The number of aryl methyl sites for hydroxylation is 1. The first-order valence-electron chi connectivity index (χ1n) is 7.22. The molecule has 2 nitrogen and oxygen atoms in total. The topological polar surface area (TPSA) is 29.3 Å². The first-order chi connectivity index (χ1) is 8.67. The van der Waals surface area contributed by atoms with Crippen LogP contribution >= 0.6 is 0 Å². The van der Waals surface area contributed by atoms with Gasteiger partial charge < -0.3 is 10.6 Å². The molecular formula is C16H26N2. The molecule has 2 rings (SSSR count). The Bertz CT molecular complexity index is 392. The third-order valence-electron chi connectivity index (χ3n) is 4.47. The molecule has 0 aromatic heterocycles. The van der Waals surface area contributed by atoms with Crippen LogP contribution in [0.3, 0.4) is 0 Å². The van der Waals surface area contributed by atoms with E-state index in [-0.39, 0.29) is 5.54 Å². The standard InChI is InChI=1S/C16H26N2/c1-4-16(12-17,14-9-10-14)18(5-2)15-8-6-7-13(3)11-15/h6-8,11,14H,4-5,9-10,12,17H2,1-3H3. The Kier molecular flexibility index (Phi) is 3.96. The van der Waals surface area contributed by atoms with Crippen LogP contribution in [0, 0.1) is 12.8 Å². The van der Waals surface area contributed by atoms with E-state index in [9.17, 15) is 0 Å². The second-order valence-corrected chi connectivity index (χ2v) is 5.52. The van der Waals surface area contributed by atoms with Crippen molar-refractivity contribution < 1.29 is 0 Å². The quantitative estimate of drug-likeness (QED) is 0.834. The van der Waals surface area contributed by atoms with E-state index in [2.05, 4.69) is 49.9 Å². The minimum atomic E-state index is 0.169. The first-order valence-corrected chi connectivity index (χ1v) is 7.22. The average Bonchev–Trinajstić information content (AvgIpc) is 3.20. The van der Waals surface area contributed by atoms with E-state index in [0.717, 1.165) is 25.4 Å². The van der Waals surface area contributed by atoms with Crippen molar-refractivity contribution in [1.82, 2.24) is 0 Å². The molecule has 0 spiro atoms. The number of rotatable bonds is 6. The smallest absolute Gasteiger partial charge is 0.0549 e. The van der Waals surface area contributed by atoms with Crippen molar-refractivity contribution in [2.45, 2.75) is 45.6 Å². The molecule has 0 radical (unpaired) electrons. The van der Waals surface area contributed by atoms with Crippen molar-refractivity contribution in [1.29, 1.82) is 0 Å². The van der Waals surface area contributed by atoms with E-state index in [1.165, 1.54) is 24.1 Å².